The third-order valence-electron chi connectivity index (χ3n) is 7.48. The van der Waals surface area contributed by atoms with Crippen LogP contribution in [0.5, 0.6) is 5.75 Å². The Morgan fingerprint density at radius 1 is 0.971 bits per heavy atom. The summed E-state index contributed by atoms with van der Waals surface area (Å²) in [7, 11) is -2.01. The second kappa shape index (κ2) is 9.84. The van der Waals surface area contributed by atoms with Gasteiger partial charge in [0.05, 0.1) is 18.6 Å². The van der Waals surface area contributed by atoms with Gasteiger partial charge in [-0.25, -0.2) is 8.42 Å². The Kier molecular flexibility index (Phi) is 7.22. The maximum atomic E-state index is 13.3. The van der Waals surface area contributed by atoms with Crippen molar-refractivity contribution in [1.82, 2.24) is 13.8 Å². The van der Waals surface area contributed by atoms with Gasteiger partial charge in [0.25, 0.3) is 0 Å². The van der Waals surface area contributed by atoms with Gasteiger partial charge in [-0.2, -0.15) is 4.31 Å². The van der Waals surface area contributed by atoms with Crippen LogP contribution < -0.4 is 4.74 Å². The molecule has 34 heavy (non-hydrogen) atoms. The van der Waals surface area contributed by atoms with E-state index >= 15 is 0 Å². The van der Waals surface area contributed by atoms with Gasteiger partial charge in [0.2, 0.25) is 10.0 Å². The van der Waals surface area contributed by atoms with E-state index in [9.17, 15) is 13.2 Å². The number of ether oxygens (including phenoxy) is 1. The number of carbonyl (C=O) groups excluding carboxylic acids is 1. The molecule has 1 aromatic carbocycles. The highest BCUT2D eigenvalue weighted by atomic mass is 32.2. The number of benzene rings is 1. The number of sulfonamides is 1. The molecule has 8 heteroatoms. The van der Waals surface area contributed by atoms with Crippen molar-refractivity contribution in [2.24, 2.45) is 0 Å². The van der Waals surface area contributed by atoms with Gasteiger partial charge < -0.3 is 9.30 Å². The van der Waals surface area contributed by atoms with Crippen LogP contribution in [0, 0.1) is 27.7 Å². The standard InChI is InChI=1S/C26H37N3O4S/c1-18-15-26(19(2)14-25(18)33-5)34(31,32)28-12-10-27(11-13-28)17-24(30)23-16-20(3)29(21(23)4)22-8-6-7-9-22/h14-16,22H,6-13,17H2,1-5H3. The lowest BCUT2D eigenvalue weighted by Gasteiger charge is -2.34. The number of ketones is 1. The minimum absolute atomic E-state index is 0.121. The molecular weight excluding hydrogens is 450 g/mol. The fraction of sp³-hybridized carbons (Fsp3) is 0.577. The van der Waals surface area contributed by atoms with E-state index in [1.165, 1.54) is 30.0 Å². The summed E-state index contributed by atoms with van der Waals surface area (Å²) in [5.74, 6) is 0.808. The zero-order valence-electron chi connectivity index (χ0n) is 21.1. The van der Waals surface area contributed by atoms with Crippen LogP contribution in [0.3, 0.4) is 0 Å². The number of rotatable bonds is 7. The van der Waals surface area contributed by atoms with Crippen molar-refractivity contribution >= 4 is 15.8 Å². The number of carbonyl (C=O) groups is 1. The molecule has 1 aromatic heterocycles. The predicted molar refractivity (Wildman–Crippen MR) is 133 cm³/mol. The van der Waals surface area contributed by atoms with E-state index in [0.29, 0.717) is 55.0 Å². The molecule has 2 fully saturated rings. The van der Waals surface area contributed by atoms with E-state index in [2.05, 4.69) is 23.3 Å². The van der Waals surface area contributed by atoms with Gasteiger partial charge >= 0.3 is 0 Å². The van der Waals surface area contributed by atoms with Crippen molar-refractivity contribution in [3.05, 3.63) is 46.3 Å². The zero-order valence-corrected chi connectivity index (χ0v) is 21.9. The highest BCUT2D eigenvalue weighted by molar-refractivity contribution is 7.89. The van der Waals surface area contributed by atoms with Crippen LogP contribution in [0.25, 0.3) is 0 Å². The first-order valence-electron chi connectivity index (χ1n) is 12.2. The summed E-state index contributed by atoms with van der Waals surface area (Å²) in [6, 6.07) is 6.02. The first kappa shape index (κ1) is 24.9. The Labute approximate surface area is 203 Å². The number of nitrogens with zero attached hydrogens (tertiary/aromatic N) is 3. The molecule has 1 saturated heterocycles. The summed E-state index contributed by atoms with van der Waals surface area (Å²) >= 11 is 0. The van der Waals surface area contributed by atoms with Crippen molar-refractivity contribution in [2.45, 2.75) is 64.3 Å². The molecule has 1 saturated carbocycles. The molecule has 0 spiro atoms. The molecule has 0 radical (unpaired) electrons. The number of aromatic nitrogens is 1. The molecule has 0 atom stereocenters. The third kappa shape index (κ3) is 4.68. The van der Waals surface area contributed by atoms with Gasteiger partial charge in [-0.15, -0.1) is 0 Å². The number of Topliss-reactive ketones (excluding diaryl/α,β-unsaturated/α-hetero) is 1. The average Bonchev–Trinajstić information content (AvgIpc) is 3.42. The molecule has 1 aliphatic heterocycles. The van der Waals surface area contributed by atoms with Crippen molar-refractivity contribution in [3.63, 3.8) is 0 Å². The summed E-state index contributed by atoms with van der Waals surface area (Å²) < 4.78 is 35.8. The third-order valence-corrected chi connectivity index (χ3v) is 9.52. The van der Waals surface area contributed by atoms with Crippen LogP contribution in [0.1, 0.15) is 64.6 Å². The lowest BCUT2D eigenvalue weighted by molar-refractivity contribution is 0.0901. The molecule has 7 nitrogen and oxygen atoms in total. The van der Waals surface area contributed by atoms with Gasteiger partial charge in [0.15, 0.2) is 5.78 Å². The van der Waals surface area contributed by atoms with Crippen LogP contribution >= 0.6 is 0 Å². The van der Waals surface area contributed by atoms with E-state index in [0.717, 1.165) is 22.5 Å². The Hall–Kier alpha value is -2.16. The predicted octanol–water partition coefficient (Wildman–Crippen LogP) is 4.03. The van der Waals surface area contributed by atoms with Crippen molar-refractivity contribution < 1.29 is 17.9 Å². The monoisotopic (exact) mass is 487 g/mol. The maximum absolute atomic E-state index is 13.3. The molecule has 2 aliphatic rings. The maximum Gasteiger partial charge on any atom is 0.243 e. The van der Waals surface area contributed by atoms with Gasteiger partial charge in [0.1, 0.15) is 5.75 Å². The Morgan fingerprint density at radius 3 is 2.24 bits per heavy atom. The summed E-state index contributed by atoms with van der Waals surface area (Å²) in [6.07, 6.45) is 4.89. The minimum atomic E-state index is -3.60. The van der Waals surface area contributed by atoms with Gasteiger partial charge in [0, 0.05) is 49.2 Å². The number of hydrogen-bond acceptors (Lipinski definition) is 5. The average molecular weight is 488 g/mol. The molecular formula is C26H37N3O4S. The fourth-order valence-corrected chi connectivity index (χ4v) is 7.31. The van der Waals surface area contributed by atoms with Crippen LogP contribution in [-0.4, -0.2) is 67.8 Å². The number of aryl methyl sites for hydroxylation is 3. The van der Waals surface area contributed by atoms with Crippen molar-refractivity contribution in [1.29, 1.82) is 0 Å². The van der Waals surface area contributed by atoms with Crippen LogP contribution in [-0.2, 0) is 10.0 Å². The Bertz CT molecular complexity index is 1170. The summed E-state index contributed by atoms with van der Waals surface area (Å²) in [5.41, 5.74) is 4.52. The molecule has 1 aliphatic carbocycles. The van der Waals surface area contributed by atoms with Crippen molar-refractivity contribution in [3.8, 4) is 5.75 Å². The smallest absolute Gasteiger partial charge is 0.243 e. The fourth-order valence-electron chi connectivity index (χ4n) is 5.60. The van der Waals surface area contributed by atoms with Crippen LogP contribution in [0.2, 0.25) is 0 Å². The Balaban J connectivity index is 1.41. The number of methoxy groups -OCH3 is 1. The van der Waals surface area contributed by atoms with E-state index in [-0.39, 0.29) is 5.78 Å². The number of piperazine rings is 1. The normalized spacial score (nSPS) is 18.5. The summed E-state index contributed by atoms with van der Waals surface area (Å²) in [6.45, 7) is 9.96. The van der Waals surface area contributed by atoms with E-state index in [1.807, 2.05) is 13.0 Å². The first-order valence-corrected chi connectivity index (χ1v) is 13.7. The van der Waals surface area contributed by atoms with E-state index in [4.69, 9.17) is 4.74 Å². The largest absolute Gasteiger partial charge is 0.496 e. The second-order valence-corrected chi connectivity index (χ2v) is 11.7. The molecule has 4 rings (SSSR count). The molecule has 0 bridgehead atoms. The molecule has 0 unspecified atom stereocenters. The molecule has 2 aromatic rings. The van der Waals surface area contributed by atoms with E-state index in [1.54, 1.807) is 26.2 Å². The zero-order chi connectivity index (χ0) is 24.6. The quantitative estimate of drug-likeness (QED) is 0.552. The van der Waals surface area contributed by atoms with Crippen LogP contribution in [0.4, 0.5) is 0 Å². The van der Waals surface area contributed by atoms with E-state index < -0.39 is 10.0 Å². The highest BCUT2D eigenvalue weighted by Crippen LogP contribution is 2.33. The van der Waals surface area contributed by atoms with Gasteiger partial charge in [-0.05, 0) is 69.9 Å². The van der Waals surface area contributed by atoms with Crippen molar-refractivity contribution in [2.75, 3.05) is 39.8 Å². The molecule has 2 heterocycles. The van der Waals surface area contributed by atoms with Crippen LogP contribution in [0.15, 0.2) is 23.1 Å². The Morgan fingerprint density at radius 2 is 1.62 bits per heavy atom. The van der Waals surface area contributed by atoms with Gasteiger partial charge in [-0.3, -0.25) is 9.69 Å². The first-order chi connectivity index (χ1) is 16.1. The van der Waals surface area contributed by atoms with Gasteiger partial charge in [-0.1, -0.05) is 12.8 Å². The molecule has 0 N–H and O–H groups in total. The molecule has 186 valence electrons. The topological polar surface area (TPSA) is 71.9 Å². The second-order valence-electron chi connectivity index (χ2n) is 9.78. The summed E-state index contributed by atoms with van der Waals surface area (Å²) in [4.78, 5) is 15.6. The lowest BCUT2D eigenvalue weighted by atomic mass is 10.1. The highest BCUT2D eigenvalue weighted by Gasteiger charge is 2.31. The number of hydrogen-bond donors (Lipinski definition) is 0. The molecule has 0 amide bonds. The SMILES string of the molecule is COc1cc(C)c(S(=O)(=O)N2CCN(CC(=O)c3cc(C)n(C4CCCC4)c3C)CC2)cc1C. The lowest BCUT2D eigenvalue weighted by Crippen LogP contribution is -2.49. The minimum Gasteiger partial charge on any atom is -0.496 e. The summed E-state index contributed by atoms with van der Waals surface area (Å²) in [5, 5.41) is 0.